The van der Waals surface area contributed by atoms with Crippen LogP contribution in [-0.2, 0) is 17.9 Å². The number of likely N-dealkylation sites (N-methyl/N-ethyl adjacent to an activating group) is 1. The predicted molar refractivity (Wildman–Crippen MR) is 112 cm³/mol. The number of benzene rings is 1. The third-order valence-corrected chi connectivity index (χ3v) is 5.19. The number of para-hydroxylation sites is 1. The van der Waals surface area contributed by atoms with Gasteiger partial charge in [-0.15, -0.1) is 0 Å². The van der Waals surface area contributed by atoms with Crippen molar-refractivity contribution in [2.75, 3.05) is 38.1 Å². The Morgan fingerprint density at radius 2 is 1.86 bits per heavy atom. The van der Waals surface area contributed by atoms with Gasteiger partial charge in [0.25, 0.3) is 5.56 Å². The van der Waals surface area contributed by atoms with Crippen molar-refractivity contribution in [3.05, 3.63) is 64.8 Å². The number of hydrogen-bond donors (Lipinski definition) is 1. The molecule has 1 fully saturated rings. The zero-order valence-electron chi connectivity index (χ0n) is 16.4. The van der Waals surface area contributed by atoms with Crippen LogP contribution in [0.25, 0.3) is 10.9 Å². The highest BCUT2D eigenvalue weighted by molar-refractivity contribution is 5.79. The summed E-state index contributed by atoms with van der Waals surface area (Å²) in [5, 5.41) is 3.41. The number of anilines is 1. The van der Waals surface area contributed by atoms with Gasteiger partial charge in [-0.3, -0.25) is 14.2 Å². The highest BCUT2D eigenvalue weighted by Gasteiger charge is 2.18. The van der Waals surface area contributed by atoms with Gasteiger partial charge in [0.15, 0.2) is 0 Å². The van der Waals surface area contributed by atoms with Crippen molar-refractivity contribution in [2.24, 2.45) is 0 Å². The van der Waals surface area contributed by atoms with E-state index in [-0.39, 0.29) is 18.0 Å². The molecule has 1 N–H and O–H groups in total. The quantitative estimate of drug-likeness (QED) is 0.694. The van der Waals surface area contributed by atoms with Gasteiger partial charge < -0.3 is 15.1 Å². The second kappa shape index (κ2) is 8.40. The molecule has 4 rings (SSSR count). The van der Waals surface area contributed by atoms with Gasteiger partial charge in [-0.1, -0.05) is 18.2 Å². The highest BCUT2D eigenvalue weighted by atomic mass is 16.2. The molecule has 2 aromatic heterocycles. The first-order valence-corrected chi connectivity index (χ1v) is 9.70. The molecule has 0 saturated carbocycles. The second-order valence-corrected chi connectivity index (χ2v) is 7.25. The van der Waals surface area contributed by atoms with Crippen molar-refractivity contribution < 1.29 is 4.79 Å². The van der Waals surface area contributed by atoms with Crippen LogP contribution in [-0.4, -0.2) is 58.6 Å². The first-order valence-electron chi connectivity index (χ1n) is 9.70. The van der Waals surface area contributed by atoms with E-state index in [2.05, 4.69) is 32.1 Å². The maximum atomic E-state index is 12.5. The first-order chi connectivity index (χ1) is 14.1. The standard InChI is InChI=1S/C21H24N6O2/c1-25-9-11-26(12-10-25)20-16(5-4-8-22-20)13-23-19(28)14-27-15-24-18-7-3-2-6-17(18)21(27)29/h2-8,15H,9-14H2,1H3,(H,23,28). The number of pyridine rings is 1. The van der Waals surface area contributed by atoms with E-state index in [9.17, 15) is 9.59 Å². The van der Waals surface area contributed by atoms with Crippen molar-refractivity contribution >= 4 is 22.6 Å². The number of aromatic nitrogens is 3. The van der Waals surface area contributed by atoms with E-state index >= 15 is 0 Å². The zero-order chi connectivity index (χ0) is 20.2. The third-order valence-electron chi connectivity index (χ3n) is 5.19. The summed E-state index contributed by atoms with van der Waals surface area (Å²) in [6.07, 6.45) is 3.20. The van der Waals surface area contributed by atoms with Gasteiger partial charge in [0.05, 0.1) is 17.2 Å². The zero-order valence-corrected chi connectivity index (χ0v) is 16.4. The molecule has 0 bridgehead atoms. The fourth-order valence-corrected chi connectivity index (χ4v) is 3.49. The van der Waals surface area contributed by atoms with Crippen LogP contribution in [0.1, 0.15) is 5.56 Å². The minimum atomic E-state index is -0.239. The third kappa shape index (κ3) is 4.27. The largest absolute Gasteiger partial charge is 0.354 e. The van der Waals surface area contributed by atoms with E-state index in [1.54, 1.807) is 24.4 Å². The second-order valence-electron chi connectivity index (χ2n) is 7.25. The molecule has 1 aliphatic heterocycles. The maximum absolute atomic E-state index is 12.5. The summed E-state index contributed by atoms with van der Waals surface area (Å²) >= 11 is 0. The lowest BCUT2D eigenvalue weighted by molar-refractivity contribution is -0.121. The first kappa shape index (κ1) is 19.1. The Kier molecular flexibility index (Phi) is 5.53. The van der Waals surface area contributed by atoms with Crippen LogP contribution in [0, 0.1) is 0 Å². The number of fused-ring (bicyclic) bond motifs is 1. The van der Waals surface area contributed by atoms with E-state index in [1.807, 2.05) is 18.2 Å². The molecule has 3 heterocycles. The van der Waals surface area contributed by atoms with Gasteiger partial charge >= 0.3 is 0 Å². The van der Waals surface area contributed by atoms with Crippen LogP contribution >= 0.6 is 0 Å². The molecule has 1 amide bonds. The number of piperazine rings is 1. The number of carbonyl (C=O) groups excluding carboxylic acids is 1. The van der Waals surface area contributed by atoms with Crippen molar-refractivity contribution in [1.82, 2.24) is 24.8 Å². The molecule has 0 radical (unpaired) electrons. The summed E-state index contributed by atoms with van der Waals surface area (Å²) in [6.45, 7) is 4.09. The van der Waals surface area contributed by atoms with Gasteiger partial charge in [-0.05, 0) is 25.2 Å². The molecule has 1 aromatic carbocycles. The number of hydrogen-bond acceptors (Lipinski definition) is 6. The van der Waals surface area contributed by atoms with Crippen LogP contribution in [0.4, 0.5) is 5.82 Å². The number of carbonyl (C=O) groups is 1. The van der Waals surface area contributed by atoms with Crippen LogP contribution in [0.3, 0.4) is 0 Å². The predicted octanol–water partition coefficient (Wildman–Crippen LogP) is 0.860. The van der Waals surface area contributed by atoms with Gasteiger partial charge in [0, 0.05) is 44.5 Å². The lowest BCUT2D eigenvalue weighted by atomic mass is 10.2. The smallest absolute Gasteiger partial charge is 0.261 e. The molecule has 29 heavy (non-hydrogen) atoms. The molecular formula is C21H24N6O2. The maximum Gasteiger partial charge on any atom is 0.261 e. The minimum Gasteiger partial charge on any atom is -0.354 e. The Morgan fingerprint density at radius 3 is 2.69 bits per heavy atom. The van der Waals surface area contributed by atoms with Gasteiger partial charge in [-0.2, -0.15) is 0 Å². The average Bonchev–Trinajstić information content (AvgIpc) is 2.75. The van der Waals surface area contributed by atoms with Gasteiger partial charge in [0.1, 0.15) is 12.4 Å². The molecule has 3 aromatic rings. The van der Waals surface area contributed by atoms with Crippen LogP contribution in [0.5, 0.6) is 0 Å². The Bertz CT molecular complexity index is 1070. The van der Waals surface area contributed by atoms with E-state index < -0.39 is 0 Å². The van der Waals surface area contributed by atoms with Crippen molar-refractivity contribution in [3.63, 3.8) is 0 Å². The lowest BCUT2D eigenvalue weighted by Gasteiger charge is -2.34. The van der Waals surface area contributed by atoms with Crippen LogP contribution in [0.15, 0.2) is 53.7 Å². The van der Waals surface area contributed by atoms with Crippen molar-refractivity contribution in [3.8, 4) is 0 Å². The Labute approximate surface area is 168 Å². The van der Waals surface area contributed by atoms with Gasteiger partial charge in [-0.25, -0.2) is 9.97 Å². The minimum absolute atomic E-state index is 0.0687. The molecule has 0 spiro atoms. The summed E-state index contributed by atoms with van der Waals surface area (Å²) in [7, 11) is 2.11. The fraction of sp³-hybridized carbons (Fsp3) is 0.333. The molecule has 8 nitrogen and oxygen atoms in total. The Hall–Kier alpha value is -3.26. The molecule has 1 saturated heterocycles. The number of nitrogens with one attached hydrogen (secondary N) is 1. The van der Waals surface area contributed by atoms with Crippen molar-refractivity contribution in [1.29, 1.82) is 0 Å². The molecule has 8 heteroatoms. The number of nitrogens with zero attached hydrogens (tertiary/aromatic N) is 5. The van der Waals surface area contributed by atoms with Crippen LogP contribution in [0.2, 0.25) is 0 Å². The summed E-state index contributed by atoms with van der Waals surface area (Å²) in [4.78, 5) is 38.3. The lowest BCUT2D eigenvalue weighted by Crippen LogP contribution is -2.45. The number of rotatable bonds is 5. The van der Waals surface area contributed by atoms with E-state index in [0.29, 0.717) is 17.4 Å². The van der Waals surface area contributed by atoms with E-state index in [1.165, 1.54) is 10.9 Å². The SMILES string of the molecule is CN1CCN(c2ncccc2CNC(=O)Cn2cnc3ccccc3c2=O)CC1. The normalized spacial score (nSPS) is 14.9. The fourth-order valence-electron chi connectivity index (χ4n) is 3.49. The van der Waals surface area contributed by atoms with Gasteiger partial charge in [0.2, 0.25) is 5.91 Å². The summed E-state index contributed by atoms with van der Waals surface area (Å²) < 4.78 is 1.34. The van der Waals surface area contributed by atoms with Crippen molar-refractivity contribution in [2.45, 2.75) is 13.1 Å². The summed E-state index contributed by atoms with van der Waals surface area (Å²) in [5.74, 6) is 0.669. The molecule has 1 aliphatic rings. The number of amides is 1. The van der Waals surface area contributed by atoms with Crippen LogP contribution < -0.4 is 15.8 Å². The molecule has 0 atom stereocenters. The topological polar surface area (TPSA) is 83.4 Å². The van der Waals surface area contributed by atoms with E-state index in [0.717, 1.165) is 37.6 Å². The summed E-state index contributed by atoms with van der Waals surface area (Å²) in [5.41, 5.74) is 1.38. The molecule has 0 aliphatic carbocycles. The monoisotopic (exact) mass is 392 g/mol. The summed E-state index contributed by atoms with van der Waals surface area (Å²) in [6, 6.07) is 11.0. The molecule has 0 unspecified atom stereocenters. The Balaban J connectivity index is 1.43. The highest BCUT2D eigenvalue weighted by Crippen LogP contribution is 2.18. The molecular weight excluding hydrogens is 368 g/mol. The average molecular weight is 392 g/mol. The molecule has 150 valence electrons. The Morgan fingerprint density at radius 1 is 1.07 bits per heavy atom. The van der Waals surface area contributed by atoms with E-state index in [4.69, 9.17) is 0 Å².